The molecule has 158 valence electrons. The van der Waals surface area contributed by atoms with Gasteiger partial charge in [-0.25, -0.2) is 9.69 Å². The van der Waals surface area contributed by atoms with Crippen LogP contribution in [-0.4, -0.2) is 60.7 Å². The first kappa shape index (κ1) is 19.5. The Morgan fingerprint density at radius 1 is 0.968 bits per heavy atom. The van der Waals surface area contributed by atoms with Gasteiger partial charge in [0, 0.05) is 35.9 Å². The molecule has 1 fully saturated rings. The number of urea groups is 1. The number of ketones is 1. The van der Waals surface area contributed by atoms with Crippen molar-refractivity contribution in [3.8, 4) is 0 Å². The first-order chi connectivity index (χ1) is 15.0. The number of benzene rings is 2. The molecular weight excluding hydrogens is 392 g/mol. The quantitative estimate of drug-likeness (QED) is 0.723. The molecule has 3 amide bonds. The first-order valence-corrected chi connectivity index (χ1v) is 10.5. The number of hydrogen-bond acceptors (Lipinski definition) is 5. The minimum Gasteiger partial charge on any atom is -0.351 e. The van der Waals surface area contributed by atoms with Gasteiger partial charge in [0.25, 0.3) is 5.91 Å². The monoisotopic (exact) mass is 416 g/mol. The number of nitrogens with one attached hydrogen (secondary N) is 1. The molecule has 7 heteroatoms. The zero-order valence-corrected chi connectivity index (χ0v) is 17.6. The molecule has 2 aromatic rings. The maximum absolute atomic E-state index is 13.5. The highest BCUT2D eigenvalue weighted by Crippen LogP contribution is 2.42. The Balaban J connectivity index is 1.50. The molecule has 3 aliphatic rings. The lowest BCUT2D eigenvalue weighted by Crippen LogP contribution is -2.50. The van der Waals surface area contributed by atoms with Gasteiger partial charge in [-0.1, -0.05) is 30.3 Å². The molecule has 0 aliphatic carbocycles. The Morgan fingerprint density at radius 3 is 2.29 bits per heavy atom. The van der Waals surface area contributed by atoms with Crippen LogP contribution >= 0.6 is 0 Å². The standard InChI is InChI=1S/C24H24N4O3/c1-26(2)15-11-13-27(14-12-15)24(31)28-19-10-6-4-8-17(19)20(23(28)30)21-22(29)16-7-3-5-9-18(16)25-21/h3-10,15,25H,11-14H2,1-2H3/b21-20-. The summed E-state index contributed by atoms with van der Waals surface area (Å²) in [6.45, 7) is 1.20. The fraction of sp³-hybridized carbons (Fsp3) is 0.292. The smallest absolute Gasteiger partial charge is 0.331 e. The molecule has 3 heterocycles. The zero-order chi connectivity index (χ0) is 21.7. The van der Waals surface area contributed by atoms with Crippen LogP contribution in [0.25, 0.3) is 5.57 Å². The van der Waals surface area contributed by atoms with Gasteiger partial charge in [-0.05, 0) is 45.1 Å². The van der Waals surface area contributed by atoms with Gasteiger partial charge >= 0.3 is 6.03 Å². The SMILES string of the molecule is CN(C)C1CCN(C(=O)N2C(=O)/C(=C3\Nc4ccccc4C3=O)c3ccccc32)CC1. The topological polar surface area (TPSA) is 73.0 Å². The number of rotatable bonds is 1. The molecule has 0 atom stereocenters. The number of para-hydroxylation sites is 2. The van der Waals surface area contributed by atoms with E-state index in [1.165, 1.54) is 4.90 Å². The molecule has 0 radical (unpaired) electrons. The predicted octanol–water partition coefficient (Wildman–Crippen LogP) is 3.20. The van der Waals surface area contributed by atoms with Crippen LogP contribution in [0.4, 0.5) is 16.2 Å². The third-order valence-electron chi connectivity index (χ3n) is 6.40. The van der Waals surface area contributed by atoms with Crippen LogP contribution in [0.15, 0.2) is 54.2 Å². The van der Waals surface area contributed by atoms with Crippen molar-refractivity contribution < 1.29 is 14.4 Å². The summed E-state index contributed by atoms with van der Waals surface area (Å²) in [6, 6.07) is 14.5. The van der Waals surface area contributed by atoms with E-state index in [-0.39, 0.29) is 23.1 Å². The van der Waals surface area contributed by atoms with Gasteiger partial charge in [-0.15, -0.1) is 0 Å². The van der Waals surface area contributed by atoms with Crippen LogP contribution in [0, 0.1) is 0 Å². The van der Waals surface area contributed by atoms with Crippen LogP contribution in [0.2, 0.25) is 0 Å². The molecule has 1 saturated heterocycles. The molecule has 0 unspecified atom stereocenters. The average molecular weight is 416 g/mol. The Bertz CT molecular complexity index is 1130. The van der Waals surface area contributed by atoms with E-state index in [1.54, 1.807) is 35.2 Å². The second-order valence-electron chi connectivity index (χ2n) is 8.37. The number of carbonyl (C=O) groups is 3. The number of allylic oxidation sites excluding steroid dienone is 1. The van der Waals surface area contributed by atoms with Crippen LogP contribution in [0.3, 0.4) is 0 Å². The summed E-state index contributed by atoms with van der Waals surface area (Å²) < 4.78 is 0. The summed E-state index contributed by atoms with van der Waals surface area (Å²) in [5.41, 5.74) is 2.84. The molecule has 0 aromatic heterocycles. The van der Waals surface area contributed by atoms with Crippen molar-refractivity contribution in [1.82, 2.24) is 9.80 Å². The van der Waals surface area contributed by atoms with Crippen molar-refractivity contribution in [2.75, 3.05) is 37.4 Å². The number of anilines is 2. The van der Waals surface area contributed by atoms with E-state index in [1.807, 2.05) is 32.3 Å². The first-order valence-electron chi connectivity index (χ1n) is 10.5. The summed E-state index contributed by atoms with van der Waals surface area (Å²) in [4.78, 5) is 45.1. The van der Waals surface area contributed by atoms with E-state index in [0.717, 1.165) is 12.8 Å². The van der Waals surface area contributed by atoms with Gasteiger partial charge in [-0.2, -0.15) is 0 Å². The number of hydrogen-bond donors (Lipinski definition) is 1. The number of piperidine rings is 1. The summed E-state index contributed by atoms with van der Waals surface area (Å²) in [5, 5.41) is 3.11. The second-order valence-corrected chi connectivity index (χ2v) is 8.37. The molecule has 7 nitrogen and oxygen atoms in total. The molecule has 5 rings (SSSR count). The lowest BCUT2D eigenvalue weighted by molar-refractivity contribution is -0.112. The minimum atomic E-state index is -0.454. The Morgan fingerprint density at radius 2 is 1.61 bits per heavy atom. The predicted molar refractivity (Wildman–Crippen MR) is 119 cm³/mol. The third-order valence-corrected chi connectivity index (χ3v) is 6.40. The molecular formula is C24H24N4O3. The highest BCUT2D eigenvalue weighted by atomic mass is 16.2. The van der Waals surface area contributed by atoms with E-state index in [4.69, 9.17) is 0 Å². The van der Waals surface area contributed by atoms with Crippen LogP contribution in [-0.2, 0) is 4.79 Å². The van der Waals surface area contributed by atoms with Gasteiger partial charge in [0.15, 0.2) is 0 Å². The largest absolute Gasteiger partial charge is 0.351 e. The van der Waals surface area contributed by atoms with E-state index < -0.39 is 5.91 Å². The van der Waals surface area contributed by atoms with Gasteiger partial charge in [0.1, 0.15) is 5.70 Å². The Kier molecular flexibility index (Phi) is 4.63. The molecule has 31 heavy (non-hydrogen) atoms. The molecule has 0 bridgehead atoms. The van der Waals surface area contributed by atoms with Crippen molar-refractivity contribution in [2.45, 2.75) is 18.9 Å². The third kappa shape index (κ3) is 3.04. The van der Waals surface area contributed by atoms with Gasteiger partial charge in [0.2, 0.25) is 5.78 Å². The van der Waals surface area contributed by atoms with Crippen molar-refractivity contribution in [1.29, 1.82) is 0 Å². The summed E-state index contributed by atoms with van der Waals surface area (Å²) >= 11 is 0. The average Bonchev–Trinajstić information content (AvgIpc) is 3.26. The molecule has 0 spiro atoms. The normalized spacial score (nSPS) is 20.9. The van der Waals surface area contributed by atoms with Crippen LogP contribution in [0.5, 0.6) is 0 Å². The molecule has 2 aromatic carbocycles. The number of fused-ring (bicyclic) bond motifs is 2. The summed E-state index contributed by atoms with van der Waals surface area (Å²) in [5.74, 6) is -0.681. The Labute approximate surface area is 180 Å². The van der Waals surface area contributed by atoms with Crippen LogP contribution < -0.4 is 10.2 Å². The fourth-order valence-corrected chi connectivity index (χ4v) is 4.66. The van der Waals surface area contributed by atoms with E-state index in [9.17, 15) is 14.4 Å². The van der Waals surface area contributed by atoms with Gasteiger partial charge in [0.05, 0.1) is 11.3 Å². The number of likely N-dealkylation sites (tertiary alicyclic amines) is 1. The highest BCUT2D eigenvalue weighted by Gasteiger charge is 2.43. The maximum Gasteiger partial charge on any atom is 0.331 e. The van der Waals surface area contributed by atoms with Crippen molar-refractivity contribution in [3.05, 3.63) is 65.4 Å². The number of imide groups is 1. The highest BCUT2D eigenvalue weighted by molar-refractivity contribution is 6.44. The summed E-state index contributed by atoms with van der Waals surface area (Å²) in [7, 11) is 4.09. The van der Waals surface area contributed by atoms with E-state index >= 15 is 0 Å². The van der Waals surface area contributed by atoms with Crippen molar-refractivity contribution in [3.63, 3.8) is 0 Å². The molecule has 0 saturated carbocycles. The summed E-state index contributed by atoms with van der Waals surface area (Å²) in [6.07, 6.45) is 1.73. The number of carbonyl (C=O) groups excluding carboxylic acids is 3. The fourth-order valence-electron chi connectivity index (χ4n) is 4.66. The maximum atomic E-state index is 13.5. The van der Waals surface area contributed by atoms with Crippen LogP contribution in [0.1, 0.15) is 28.8 Å². The lowest BCUT2D eigenvalue weighted by atomic mass is 10.0. The molecule has 1 N–H and O–H groups in total. The van der Waals surface area contributed by atoms with Gasteiger partial charge < -0.3 is 15.1 Å². The van der Waals surface area contributed by atoms with E-state index in [2.05, 4.69) is 10.2 Å². The lowest BCUT2D eigenvalue weighted by Gasteiger charge is -2.36. The number of amides is 3. The zero-order valence-electron chi connectivity index (χ0n) is 17.6. The molecule has 3 aliphatic heterocycles. The van der Waals surface area contributed by atoms with Crippen molar-refractivity contribution >= 4 is 34.7 Å². The van der Waals surface area contributed by atoms with Crippen molar-refractivity contribution in [2.24, 2.45) is 0 Å². The number of nitrogens with zero attached hydrogens (tertiary/aromatic N) is 3. The van der Waals surface area contributed by atoms with Gasteiger partial charge in [-0.3, -0.25) is 9.59 Å². The minimum absolute atomic E-state index is 0.227. The van der Waals surface area contributed by atoms with E-state index in [0.29, 0.717) is 41.6 Å². The second kappa shape index (κ2) is 7.35. The Hall–Kier alpha value is -3.45. The number of Topliss-reactive ketones (excluding diaryl/α,β-unsaturated/α-hetero) is 1.